The van der Waals surface area contributed by atoms with Crippen molar-refractivity contribution >= 4 is 29.4 Å². The van der Waals surface area contributed by atoms with Gasteiger partial charge in [-0.25, -0.2) is 4.79 Å². The molecule has 0 aromatic carbocycles. The van der Waals surface area contributed by atoms with Crippen molar-refractivity contribution in [2.45, 2.75) is 0 Å². The normalized spacial score (nSPS) is 16.0. The molecule has 120 valence electrons. The zero-order valence-electron chi connectivity index (χ0n) is 12.7. The van der Waals surface area contributed by atoms with Gasteiger partial charge in [0.15, 0.2) is 0 Å². The summed E-state index contributed by atoms with van der Waals surface area (Å²) in [6.45, 7) is 4.32. The number of piperazine rings is 1. The number of methoxy groups -OCH3 is 1. The van der Waals surface area contributed by atoms with E-state index in [-0.39, 0.29) is 12.0 Å². The van der Waals surface area contributed by atoms with E-state index in [1.807, 2.05) is 23.6 Å². The zero-order valence-corrected chi connectivity index (χ0v) is 13.5. The van der Waals surface area contributed by atoms with Crippen molar-refractivity contribution in [1.82, 2.24) is 15.1 Å². The van der Waals surface area contributed by atoms with E-state index in [9.17, 15) is 9.59 Å². The maximum absolute atomic E-state index is 11.7. The minimum Gasteiger partial charge on any atom is -0.453 e. The van der Waals surface area contributed by atoms with Gasteiger partial charge in [0.2, 0.25) is 5.91 Å². The second-order valence-electron chi connectivity index (χ2n) is 4.94. The first-order chi connectivity index (χ1) is 10.7. The summed E-state index contributed by atoms with van der Waals surface area (Å²) in [6.07, 6.45) is 3.10. The van der Waals surface area contributed by atoms with Crippen LogP contribution in [0.2, 0.25) is 0 Å². The third kappa shape index (κ3) is 5.16. The summed E-state index contributed by atoms with van der Waals surface area (Å²) in [7, 11) is 1.40. The Morgan fingerprint density at radius 2 is 2.14 bits per heavy atom. The van der Waals surface area contributed by atoms with Crippen LogP contribution in [0.25, 0.3) is 6.08 Å². The SMILES string of the molecule is COC(=O)N1CCN(CCNC(=O)/C=C/c2cccs2)CC1. The van der Waals surface area contributed by atoms with Gasteiger partial charge in [-0.05, 0) is 17.5 Å². The Morgan fingerprint density at radius 1 is 1.36 bits per heavy atom. The van der Waals surface area contributed by atoms with Crippen LogP contribution in [0.1, 0.15) is 4.88 Å². The Kier molecular flexibility index (Phi) is 6.42. The highest BCUT2D eigenvalue weighted by Gasteiger charge is 2.20. The van der Waals surface area contributed by atoms with Crippen molar-refractivity contribution in [2.75, 3.05) is 46.4 Å². The van der Waals surface area contributed by atoms with Crippen molar-refractivity contribution in [3.05, 3.63) is 28.5 Å². The van der Waals surface area contributed by atoms with Gasteiger partial charge < -0.3 is 15.0 Å². The van der Waals surface area contributed by atoms with Crippen LogP contribution in [-0.2, 0) is 9.53 Å². The third-order valence-electron chi connectivity index (χ3n) is 3.47. The number of ether oxygens (including phenoxy) is 1. The molecule has 0 bridgehead atoms. The molecule has 2 amide bonds. The smallest absolute Gasteiger partial charge is 0.409 e. The predicted molar refractivity (Wildman–Crippen MR) is 86.8 cm³/mol. The summed E-state index contributed by atoms with van der Waals surface area (Å²) in [4.78, 5) is 28.0. The fourth-order valence-corrected chi connectivity index (χ4v) is 2.84. The molecule has 1 N–H and O–H groups in total. The average Bonchev–Trinajstić information content (AvgIpc) is 3.06. The van der Waals surface area contributed by atoms with Gasteiger partial charge in [0.25, 0.3) is 0 Å². The van der Waals surface area contributed by atoms with Crippen LogP contribution in [0.15, 0.2) is 23.6 Å². The van der Waals surface area contributed by atoms with Gasteiger partial charge in [0.1, 0.15) is 0 Å². The third-order valence-corrected chi connectivity index (χ3v) is 4.31. The summed E-state index contributed by atoms with van der Waals surface area (Å²) in [5.41, 5.74) is 0. The second-order valence-corrected chi connectivity index (χ2v) is 5.92. The Hall–Kier alpha value is -1.86. The van der Waals surface area contributed by atoms with Gasteiger partial charge in [0, 0.05) is 50.2 Å². The van der Waals surface area contributed by atoms with Gasteiger partial charge in [-0.1, -0.05) is 6.07 Å². The molecule has 1 aliphatic rings. The summed E-state index contributed by atoms with van der Waals surface area (Å²) in [5, 5.41) is 4.85. The van der Waals surface area contributed by atoms with Gasteiger partial charge in [-0.15, -0.1) is 11.3 Å². The van der Waals surface area contributed by atoms with Crippen molar-refractivity contribution in [3.8, 4) is 0 Å². The molecule has 7 heteroatoms. The number of carbonyl (C=O) groups is 2. The standard InChI is InChI=1S/C15H21N3O3S/c1-21-15(20)18-10-8-17(9-11-18)7-6-16-14(19)5-4-13-3-2-12-22-13/h2-5,12H,6-11H2,1H3,(H,16,19)/b5-4+. The molecular formula is C15H21N3O3S. The Labute approximate surface area is 134 Å². The van der Waals surface area contributed by atoms with Crippen LogP contribution in [0.5, 0.6) is 0 Å². The molecule has 6 nitrogen and oxygen atoms in total. The van der Waals surface area contributed by atoms with E-state index in [0.717, 1.165) is 24.5 Å². The lowest BCUT2D eigenvalue weighted by Gasteiger charge is -2.33. The number of rotatable bonds is 5. The molecule has 0 atom stereocenters. The lowest BCUT2D eigenvalue weighted by atomic mass is 10.3. The lowest BCUT2D eigenvalue weighted by Crippen LogP contribution is -2.50. The molecule has 2 heterocycles. The maximum atomic E-state index is 11.7. The molecule has 2 rings (SSSR count). The van der Waals surface area contributed by atoms with Crippen molar-refractivity contribution in [2.24, 2.45) is 0 Å². The summed E-state index contributed by atoms with van der Waals surface area (Å²) in [6, 6.07) is 3.92. The minimum atomic E-state index is -0.272. The molecule has 0 saturated carbocycles. The molecular weight excluding hydrogens is 302 g/mol. The van der Waals surface area contributed by atoms with Gasteiger partial charge in [-0.3, -0.25) is 9.69 Å². The second kappa shape index (κ2) is 8.55. The zero-order chi connectivity index (χ0) is 15.8. The molecule has 22 heavy (non-hydrogen) atoms. The lowest BCUT2D eigenvalue weighted by molar-refractivity contribution is -0.116. The van der Waals surface area contributed by atoms with Gasteiger partial charge in [-0.2, -0.15) is 0 Å². The first-order valence-corrected chi connectivity index (χ1v) is 8.11. The van der Waals surface area contributed by atoms with Crippen molar-refractivity contribution in [3.63, 3.8) is 0 Å². The van der Waals surface area contributed by atoms with Crippen LogP contribution < -0.4 is 5.32 Å². The molecule has 0 radical (unpaired) electrons. The molecule has 0 aliphatic carbocycles. The topological polar surface area (TPSA) is 61.9 Å². The molecule has 1 saturated heterocycles. The summed E-state index contributed by atoms with van der Waals surface area (Å²) in [5.74, 6) is -0.0819. The molecule has 1 fully saturated rings. The van der Waals surface area contributed by atoms with Crippen LogP contribution in [0.4, 0.5) is 4.79 Å². The fourth-order valence-electron chi connectivity index (χ4n) is 2.22. The maximum Gasteiger partial charge on any atom is 0.409 e. The molecule has 0 spiro atoms. The monoisotopic (exact) mass is 323 g/mol. The van der Waals surface area contributed by atoms with Crippen LogP contribution >= 0.6 is 11.3 Å². The number of thiophene rings is 1. The highest BCUT2D eigenvalue weighted by atomic mass is 32.1. The van der Waals surface area contributed by atoms with Crippen molar-refractivity contribution < 1.29 is 14.3 Å². The molecule has 0 unspecified atom stereocenters. The van der Waals surface area contributed by atoms with Gasteiger partial charge in [0.05, 0.1) is 7.11 Å². The van der Waals surface area contributed by atoms with E-state index in [4.69, 9.17) is 4.74 Å². The van der Waals surface area contributed by atoms with Gasteiger partial charge >= 0.3 is 6.09 Å². The van der Waals surface area contributed by atoms with E-state index in [0.29, 0.717) is 19.6 Å². The first-order valence-electron chi connectivity index (χ1n) is 7.23. The molecule has 1 aromatic heterocycles. The largest absolute Gasteiger partial charge is 0.453 e. The average molecular weight is 323 g/mol. The predicted octanol–water partition coefficient (Wildman–Crippen LogP) is 1.26. The van der Waals surface area contributed by atoms with Crippen molar-refractivity contribution in [1.29, 1.82) is 0 Å². The Balaban J connectivity index is 1.61. The van der Waals surface area contributed by atoms with E-state index >= 15 is 0 Å². The molecule has 1 aliphatic heterocycles. The van der Waals surface area contributed by atoms with Crippen LogP contribution in [0, 0.1) is 0 Å². The number of carbonyl (C=O) groups excluding carboxylic acids is 2. The highest BCUT2D eigenvalue weighted by Crippen LogP contribution is 2.09. The van der Waals surface area contributed by atoms with E-state index in [1.165, 1.54) is 7.11 Å². The Morgan fingerprint density at radius 3 is 2.77 bits per heavy atom. The van der Waals surface area contributed by atoms with E-state index < -0.39 is 0 Å². The molecule has 1 aromatic rings. The number of nitrogens with one attached hydrogen (secondary N) is 1. The minimum absolute atomic E-state index is 0.0819. The van der Waals surface area contributed by atoms with E-state index in [1.54, 1.807) is 22.3 Å². The number of hydrogen-bond acceptors (Lipinski definition) is 5. The quantitative estimate of drug-likeness (QED) is 0.829. The number of hydrogen-bond donors (Lipinski definition) is 1. The number of nitrogens with zero attached hydrogens (tertiary/aromatic N) is 2. The summed E-state index contributed by atoms with van der Waals surface area (Å²) >= 11 is 1.60. The fraction of sp³-hybridized carbons (Fsp3) is 0.467. The number of amides is 2. The van der Waals surface area contributed by atoms with Crippen LogP contribution in [-0.4, -0.2) is 68.2 Å². The highest BCUT2D eigenvalue weighted by molar-refractivity contribution is 7.10. The summed E-state index contributed by atoms with van der Waals surface area (Å²) < 4.78 is 4.70. The Bertz CT molecular complexity index is 508. The van der Waals surface area contributed by atoms with E-state index in [2.05, 4.69) is 10.2 Å². The first kappa shape index (κ1) is 16.5. The van der Waals surface area contributed by atoms with Crippen LogP contribution in [0.3, 0.4) is 0 Å².